The van der Waals surface area contributed by atoms with E-state index in [2.05, 4.69) is 4.98 Å². The molecule has 2 aromatic rings. The zero-order chi connectivity index (χ0) is 23.4. The number of ether oxygens (including phenoxy) is 1. The van der Waals surface area contributed by atoms with Crippen LogP contribution in [-0.2, 0) is 16.1 Å². The Morgan fingerprint density at radius 2 is 1.97 bits per heavy atom. The lowest BCUT2D eigenvalue weighted by atomic mass is 9.92. The minimum atomic E-state index is -5.08. The first-order valence-electron chi connectivity index (χ1n) is 9.58. The standard InChI is InChI=1S/C19H19ClN2O2S.C2HF3O2/c20-15-5-3-4-14(8-15)18(23)22-12-19(13-22)9-17(11-25-19)24-10-16-6-1-2-7-21-16;3-2(4,5)1(6)7/h1-8,17H,9-13H2;(H,6,7). The van der Waals surface area contributed by atoms with Crippen LogP contribution in [0.15, 0.2) is 48.7 Å². The number of carboxylic acid groups (broad SMARTS) is 1. The molecule has 2 aliphatic rings. The minimum Gasteiger partial charge on any atom is -0.475 e. The SMILES string of the molecule is O=C(O)C(F)(F)F.O=C(c1cccc(Cl)c1)N1CC2(CC(OCc3ccccn3)CS2)C1. The molecule has 1 amide bonds. The highest BCUT2D eigenvalue weighted by molar-refractivity contribution is 8.01. The predicted molar refractivity (Wildman–Crippen MR) is 114 cm³/mol. The van der Waals surface area contributed by atoms with Crippen molar-refractivity contribution in [3.8, 4) is 0 Å². The number of thioether (sulfide) groups is 1. The molecule has 0 aliphatic carbocycles. The van der Waals surface area contributed by atoms with Gasteiger partial charge in [0.25, 0.3) is 5.91 Å². The molecule has 4 rings (SSSR count). The Morgan fingerprint density at radius 3 is 2.56 bits per heavy atom. The van der Waals surface area contributed by atoms with Gasteiger partial charge in [0.05, 0.1) is 23.2 Å². The molecular formula is C21H20ClF3N2O4S. The Kier molecular flexibility index (Phi) is 7.68. The van der Waals surface area contributed by atoms with Crippen LogP contribution >= 0.6 is 23.4 Å². The number of carboxylic acids is 1. The topological polar surface area (TPSA) is 79.7 Å². The number of aromatic nitrogens is 1. The summed E-state index contributed by atoms with van der Waals surface area (Å²) in [5.74, 6) is -1.72. The highest BCUT2D eigenvalue weighted by Gasteiger charge is 2.51. The third-order valence-electron chi connectivity index (χ3n) is 4.93. The van der Waals surface area contributed by atoms with Gasteiger partial charge in [-0.25, -0.2) is 4.79 Å². The number of likely N-dealkylation sites (tertiary alicyclic amines) is 1. The molecule has 11 heteroatoms. The molecule has 2 aliphatic heterocycles. The molecule has 1 aromatic carbocycles. The van der Waals surface area contributed by atoms with Crippen molar-refractivity contribution in [1.82, 2.24) is 9.88 Å². The van der Waals surface area contributed by atoms with Crippen molar-refractivity contribution in [2.24, 2.45) is 0 Å². The fourth-order valence-corrected chi connectivity index (χ4v) is 5.16. The summed E-state index contributed by atoms with van der Waals surface area (Å²) in [7, 11) is 0. The molecule has 1 N–H and O–H groups in total. The number of alkyl halides is 3. The molecule has 0 saturated carbocycles. The smallest absolute Gasteiger partial charge is 0.475 e. The van der Waals surface area contributed by atoms with Crippen LogP contribution in [0.5, 0.6) is 0 Å². The monoisotopic (exact) mass is 488 g/mol. The van der Waals surface area contributed by atoms with Crippen molar-refractivity contribution in [1.29, 1.82) is 0 Å². The molecule has 32 heavy (non-hydrogen) atoms. The molecule has 172 valence electrons. The van der Waals surface area contributed by atoms with Gasteiger partial charge >= 0.3 is 12.1 Å². The fourth-order valence-electron chi connectivity index (χ4n) is 3.41. The van der Waals surface area contributed by atoms with Crippen LogP contribution in [0.2, 0.25) is 5.02 Å². The van der Waals surface area contributed by atoms with Gasteiger partial charge in [-0.2, -0.15) is 13.2 Å². The number of halogens is 4. The minimum absolute atomic E-state index is 0.0616. The van der Waals surface area contributed by atoms with E-state index in [1.54, 1.807) is 18.3 Å². The maximum Gasteiger partial charge on any atom is 0.490 e. The maximum atomic E-state index is 12.5. The van der Waals surface area contributed by atoms with Gasteiger partial charge in [-0.05, 0) is 36.8 Å². The van der Waals surface area contributed by atoms with Gasteiger partial charge in [-0.3, -0.25) is 9.78 Å². The van der Waals surface area contributed by atoms with Crippen LogP contribution in [-0.4, -0.2) is 62.7 Å². The van der Waals surface area contributed by atoms with Crippen LogP contribution in [0.4, 0.5) is 13.2 Å². The fraction of sp³-hybridized carbons (Fsp3) is 0.381. The van der Waals surface area contributed by atoms with Crippen LogP contribution in [0.1, 0.15) is 22.5 Å². The van der Waals surface area contributed by atoms with Crippen molar-refractivity contribution in [2.45, 2.75) is 30.1 Å². The van der Waals surface area contributed by atoms with Gasteiger partial charge in [0.1, 0.15) is 0 Å². The third kappa shape index (κ3) is 6.36. The zero-order valence-electron chi connectivity index (χ0n) is 16.7. The van der Waals surface area contributed by atoms with Crippen LogP contribution < -0.4 is 0 Å². The molecule has 1 unspecified atom stereocenters. The second-order valence-corrected chi connectivity index (χ2v) is 9.35. The highest BCUT2D eigenvalue weighted by Crippen LogP contribution is 2.46. The van der Waals surface area contributed by atoms with E-state index in [-0.39, 0.29) is 16.8 Å². The van der Waals surface area contributed by atoms with Crippen LogP contribution in [0, 0.1) is 0 Å². The van der Waals surface area contributed by atoms with Crippen molar-refractivity contribution < 1.29 is 32.6 Å². The number of carbonyl (C=O) groups is 2. The quantitative estimate of drug-likeness (QED) is 0.692. The molecule has 3 heterocycles. The molecule has 0 bridgehead atoms. The first-order valence-corrected chi connectivity index (χ1v) is 10.9. The molecule has 2 saturated heterocycles. The summed E-state index contributed by atoms with van der Waals surface area (Å²) >= 11 is 7.91. The highest BCUT2D eigenvalue weighted by atomic mass is 35.5. The lowest BCUT2D eigenvalue weighted by molar-refractivity contribution is -0.192. The van der Waals surface area contributed by atoms with E-state index in [1.165, 1.54) is 0 Å². The van der Waals surface area contributed by atoms with E-state index in [9.17, 15) is 18.0 Å². The summed E-state index contributed by atoms with van der Waals surface area (Å²) in [5.41, 5.74) is 1.62. The first-order chi connectivity index (χ1) is 15.1. The van der Waals surface area contributed by atoms with Crippen molar-refractivity contribution in [3.05, 3.63) is 64.9 Å². The molecule has 0 radical (unpaired) electrons. The van der Waals surface area contributed by atoms with E-state index >= 15 is 0 Å². The Balaban J connectivity index is 0.000000360. The van der Waals surface area contributed by atoms with Crippen molar-refractivity contribution >= 4 is 35.2 Å². The Morgan fingerprint density at radius 1 is 1.25 bits per heavy atom. The van der Waals surface area contributed by atoms with Crippen LogP contribution in [0.25, 0.3) is 0 Å². The third-order valence-corrected chi connectivity index (χ3v) is 6.74. The molecule has 1 spiro atoms. The maximum absolute atomic E-state index is 12.5. The number of pyridine rings is 1. The normalized spacial score (nSPS) is 19.1. The first kappa shape index (κ1) is 24.3. The molecule has 1 aromatic heterocycles. The molecule has 6 nitrogen and oxygen atoms in total. The lowest BCUT2D eigenvalue weighted by Crippen LogP contribution is -2.60. The lowest BCUT2D eigenvalue weighted by Gasteiger charge is -2.47. The average Bonchev–Trinajstić information content (AvgIpc) is 3.16. The van der Waals surface area contributed by atoms with E-state index in [0.717, 1.165) is 31.0 Å². The van der Waals surface area contributed by atoms with Crippen molar-refractivity contribution in [2.75, 3.05) is 18.8 Å². The van der Waals surface area contributed by atoms with E-state index in [0.29, 0.717) is 17.2 Å². The summed E-state index contributed by atoms with van der Waals surface area (Å²) in [6.07, 6.45) is -2.08. The Bertz CT molecular complexity index is 956. The zero-order valence-corrected chi connectivity index (χ0v) is 18.3. The van der Waals surface area contributed by atoms with Crippen LogP contribution in [0.3, 0.4) is 0 Å². The van der Waals surface area contributed by atoms with Crippen molar-refractivity contribution in [3.63, 3.8) is 0 Å². The van der Waals surface area contributed by atoms with Gasteiger partial charge in [0, 0.05) is 35.6 Å². The second-order valence-electron chi connectivity index (χ2n) is 7.43. The molecular weight excluding hydrogens is 469 g/mol. The summed E-state index contributed by atoms with van der Waals surface area (Å²) < 4.78 is 37.9. The summed E-state index contributed by atoms with van der Waals surface area (Å²) in [6, 6.07) is 13.0. The Labute approximate surface area is 191 Å². The molecule has 1 atom stereocenters. The average molecular weight is 489 g/mol. The van der Waals surface area contributed by atoms with E-state index < -0.39 is 12.1 Å². The van der Waals surface area contributed by atoms with Gasteiger partial charge in [-0.1, -0.05) is 23.7 Å². The van der Waals surface area contributed by atoms with Gasteiger partial charge < -0.3 is 14.7 Å². The number of rotatable bonds is 4. The number of carbonyl (C=O) groups excluding carboxylic acids is 1. The van der Waals surface area contributed by atoms with Gasteiger partial charge in [0.2, 0.25) is 0 Å². The number of benzene rings is 1. The number of nitrogens with zero attached hydrogens (tertiary/aromatic N) is 2. The Hall–Kier alpha value is -2.30. The van der Waals surface area contributed by atoms with E-state index in [1.807, 2.05) is 47.0 Å². The summed E-state index contributed by atoms with van der Waals surface area (Å²) in [4.78, 5) is 27.6. The summed E-state index contributed by atoms with van der Waals surface area (Å²) in [5, 5.41) is 7.72. The van der Waals surface area contributed by atoms with Gasteiger partial charge in [-0.15, -0.1) is 11.8 Å². The summed E-state index contributed by atoms with van der Waals surface area (Å²) in [6.45, 7) is 2.12. The largest absolute Gasteiger partial charge is 0.490 e. The predicted octanol–water partition coefficient (Wildman–Crippen LogP) is 4.29. The number of amides is 1. The number of hydrogen-bond acceptors (Lipinski definition) is 5. The number of aliphatic carboxylic acids is 1. The van der Waals surface area contributed by atoms with Gasteiger partial charge in [0.15, 0.2) is 0 Å². The number of hydrogen-bond donors (Lipinski definition) is 1. The van der Waals surface area contributed by atoms with E-state index in [4.69, 9.17) is 26.2 Å². The second kappa shape index (κ2) is 10.1. The molecule has 2 fully saturated rings.